The average molecular weight is 302 g/mol. The third-order valence-corrected chi connectivity index (χ3v) is 5.42. The van der Waals surface area contributed by atoms with Gasteiger partial charge in [-0.25, -0.2) is 4.79 Å². The lowest BCUT2D eigenvalue weighted by Crippen LogP contribution is -2.29. The summed E-state index contributed by atoms with van der Waals surface area (Å²) in [5.41, 5.74) is 2.79. The molecule has 0 amide bonds. The number of carbonyl (C=O) groups is 2. The van der Waals surface area contributed by atoms with Crippen molar-refractivity contribution in [2.24, 2.45) is 23.7 Å². The Morgan fingerprint density at radius 3 is 2.73 bits per heavy atom. The van der Waals surface area contributed by atoms with Gasteiger partial charge in [0.2, 0.25) is 0 Å². The number of ether oxygens (including phenoxy) is 2. The summed E-state index contributed by atoms with van der Waals surface area (Å²) in [5, 5.41) is 0. The quantitative estimate of drug-likeness (QED) is 0.447. The lowest BCUT2D eigenvalue weighted by atomic mass is 9.81. The molecule has 4 nitrogen and oxygen atoms in total. The standard InChI is InChI=1S/C18H22O4/c1-9-5-6-14-11(3)18(20)22-17(14)16-10(2)13(7-15(9)16)8-21-12(4)19/h13-17H,1-3,5-8H2,4H3/t13-,14+,15+,16+,17+/m1/s1. The number of hydrogen-bond acceptors (Lipinski definition) is 4. The fourth-order valence-electron chi connectivity index (χ4n) is 4.21. The second-order valence-corrected chi connectivity index (χ2v) is 6.64. The molecule has 3 aliphatic rings. The Hall–Kier alpha value is -1.84. The SMILES string of the molecule is C=C1[C@@H](COC(C)=O)C[C@H]2C(=C)CC[C@H]3C(=C)C(=O)O[C@@H]3[C@@H]12. The molecule has 2 aliphatic carbocycles. The number of allylic oxidation sites excluding steroid dienone is 1. The van der Waals surface area contributed by atoms with Crippen molar-refractivity contribution in [3.05, 3.63) is 36.5 Å². The maximum absolute atomic E-state index is 11.9. The zero-order valence-electron chi connectivity index (χ0n) is 13.0. The summed E-state index contributed by atoms with van der Waals surface area (Å²) < 4.78 is 10.8. The molecule has 1 aliphatic heterocycles. The minimum absolute atomic E-state index is 0.0588. The van der Waals surface area contributed by atoms with Crippen LogP contribution in [-0.2, 0) is 19.1 Å². The molecule has 4 heteroatoms. The van der Waals surface area contributed by atoms with E-state index in [-0.39, 0.29) is 41.7 Å². The van der Waals surface area contributed by atoms with Gasteiger partial charge in [-0.3, -0.25) is 4.79 Å². The number of hydrogen-bond donors (Lipinski definition) is 0. The molecule has 0 spiro atoms. The van der Waals surface area contributed by atoms with Gasteiger partial charge in [-0.1, -0.05) is 30.9 Å². The molecule has 3 rings (SSSR count). The van der Waals surface area contributed by atoms with Crippen molar-refractivity contribution < 1.29 is 19.1 Å². The Morgan fingerprint density at radius 1 is 1.32 bits per heavy atom. The molecule has 0 unspecified atom stereocenters. The summed E-state index contributed by atoms with van der Waals surface area (Å²) >= 11 is 0. The Labute approximate surface area is 130 Å². The van der Waals surface area contributed by atoms with Crippen molar-refractivity contribution in [2.75, 3.05) is 6.61 Å². The molecule has 0 aromatic carbocycles. The van der Waals surface area contributed by atoms with Gasteiger partial charge in [-0.2, -0.15) is 0 Å². The smallest absolute Gasteiger partial charge is 0.334 e. The second-order valence-electron chi connectivity index (χ2n) is 6.64. The molecule has 0 aromatic rings. The van der Waals surface area contributed by atoms with Crippen molar-refractivity contribution in [1.29, 1.82) is 0 Å². The normalized spacial score (nSPS) is 37.4. The number of fused-ring (bicyclic) bond motifs is 3. The number of esters is 2. The highest BCUT2D eigenvalue weighted by molar-refractivity contribution is 5.91. The van der Waals surface area contributed by atoms with E-state index in [1.165, 1.54) is 12.5 Å². The molecule has 0 bridgehead atoms. The fourth-order valence-corrected chi connectivity index (χ4v) is 4.21. The Kier molecular flexibility index (Phi) is 3.71. The van der Waals surface area contributed by atoms with Crippen LogP contribution in [0.4, 0.5) is 0 Å². The lowest BCUT2D eigenvalue weighted by Gasteiger charge is -2.26. The van der Waals surface area contributed by atoms with Crippen LogP contribution in [0.15, 0.2) is 36.5 Å². The van der Waals surface area contributed by atoms with Gasteiger partial charge in [0.1, 0.15) is 6.10 Å². The van der Waals surface area contributed by atoms with Crippen LogP contribution in [0.2, 0.25) is 0 Å². The highest BCUT2D eigenvalue weighted by atomic mass is 16.6. The van der Waals surface area contributed by atoms with Gasteiger partial charge in [0.05, 0.1) is 6.61 Å². The third kappa shape index (κ3) is 2.31. The Balaban J connectivity index is 1.86. The van der Waals surface area contributed by atoms with Gasteiger partial charge < -0.3 is 9.47 Å². The van der Waals surface area contributed by atoms with Crippen LogP contribution < -0.4 is 0 Å². The van der Waals surface area contributed by atoms with Gasteiger partial charge in [0.25, 0.3) is 0 Å². The first-order valence-electron chi connectivity index (χ1n) is 7.79. The molecule has 1 heterocycles. The lowest BCUT2D eigenvalue weighted by molar-refractivity contribution is -0.142. The topological polar surface area (TPSA) is 52.6 Å². The van der Waals surface area contributed by atoms with Gasteiger partial charge >= 0.3 is 11.9 Å². The molecule has 118 valence electrons. The zero-order valence-corrected chi connectivity index (χ0v) is 13.0. The fraction of sp³-hybridized carbons (Fsp3) is 0.556. The van der Waals surface area contributed by atoms with Crippen LogP contribution in [0.1, 0.15) is 26.2 Å². The van der Waals surface area contributed by atoms with Crippen LogP contribution in [-0.4, -0.2) is 24.6 Å². The van der Waals surface area contributed by atoms with E-state index in [0.717, 1.165) is 24.8 Å². The maximum Gasteiger partial charge on any atom is 0.334 e. The molecular weight excluding hydrogens is 280 g/mol. The predicted molar refractivity (Wildman–Crippen MR) is 81.7 cm³/mol. The van der Waals surface area contributed by atoms with E-state index in [2.05, 4.69) is 19.7 Å². The first-order valence-corrected chi connectivity index (χ1v) is 7.79. The van der Waals surface area contributed by atoms with Crippen LogP contribution in [0.25, 0.3) is 0 Å². The van der Waals surface area contributed by atoms with Crippen LogP contribution in [0.3, 0.4) is 0 Å². The third-order valence-electron chi connectivity index (χ3n) is 5.42. The predicted octanol–water partition coefficient (Wildman–Crippen LogP) is 2.81. The van der Waals surface area contributed by atoms with E-state index in [1.807, 2.05) is 0 Å². The maximum atomic E-state index is 11.9. The van der Waals surface area contributed by atoms with Crippen LogP contribution in [0, 0.1) is 23.7 Å². The number of carbonyl (C=O) groups excluding carboxylic acids is 2. The summed E-state index contributed by atoms with van der Waals surface area (Å²) in [7, 11) is 0. The Bertz CT molecular complexity index is 574. The zero-order chi connectivity index (χ0) is 16.0. The van der Waals surface area contributed by atoms with E-state index >= 15 is 0 Å². The summed E-state index contributed by atoms with van der Waals surface area (Å²) in [6.45, 7) is 14.1. The van der Waals surface area contributed by atoms with E-state index in [9.17, 15) is 9.59 Å². The van der Waals surface area contributed by atoms with Crippen molar-refractivity contribution in [1.82, 2.24) is 0 Å². The average Bonchev–Trinajstić information content (AvgIpc) is 2.88. The first kappa shape index (κ1) is 15.1. The highest BCUT2D eigenvalue weighted by Crippen LogP contribution is 2.53. The summed E-state index contributed by atoms with van der Waals surface area (Å²) in [6, 6.07) is 0. The van der Waals surface area contributed by atoms with Crippen molar-refractivity contribution in [2.45, 2.75) is 32.3 Å². The molecule has 2 saturated carbocycles. The van der Waals surface area contributed by atoms with Crippen molar-refractivity contribution >= 4 is 11.9 Å². The van der Waals surface area contributed by atoms with Crippen LogP contribution in [0.5, 0.6) is 0 Å². The van der Waals surface area contributed by atoms with E-state index in [0.29, 0.717) is 12.2 Å². The van der Waals surface area contributed by atoms with Gasteiger partial charge in [0.15, 0.2) is 0 Å². The molecule has 0 radical (unpaired) electrons. The number of rotatable bonds is 2. The van der Waals surface area contributed by atoms with Crippen molar-refractivity contribution in [3.8, 4) is 0 Å². The van der Waals surface area contributed by atoms with Gasteiger partial charge in [0, 0.05) is 30.3 Å². The van der Waals surface area contributed by atoms with E-state index in [4.69, 9.17) is 9.47 Å². The van der Waals surface area contributed by atoms with Gasteiger partial charge in [-0.05, 0) is 25.2 Å². The summed E-state index contributed by atoms with van der Waals surface area (Å²) in [6.07, 6.45) is 2.43. The minimum Gasteiger partial charge on any atom is -0.465 e. The van der Waals surface area contributed by atoms with Crippen LogP contribution >= 0.6 is 0 Å². The van der Waals surface area contributed by atoms with E-state index < -0.39 is 0 Å². The van der Waals surface area contributed by atoms with Gasteiger partial charge in [-0.15, -0.1) is 0 Å². The summed E-state index contributed by atoms with van der Waals surface area (Å²) in [5.74, 6) is -0.0641. The largest absolute Gasteiger partial charge is 0.465 e. The minimum atomic E-state index is -0.280. The molecule has 22 heavy (non-hydrogen) atoms. The molecule has 1 saturated heterocycles. The highest BCUT2D eigenvalue weighted by Gasteiger charge is 2.52. The first-order chi connectivity index (χ1) is 10.4. The monoisotopic (exact) mass is 302 g/mol. The second kappa shape index (κ2) is 5.41. The van der Waals surface area contributed by atoms with E-state index in [1.54, 1.807) is 0 Å². The molecule has 3 fully saturated rings. The molecule has 0 N–H and O–H groups in total. The molecule has 5 atom stereocenters. The Morgan fingerprint density at radius 2 is 2.05 bits per heavy atom. The molecular formula is C18H22O4. The molecule has 0 aromatic heterocycles. The van der Waals surface area contributed by atoms with Crippen molar-refractivity contribution in [3.63, 3.8) is 0 Å². The summed E-state index contributed by atoms with van der Waals surface area (Å²) in [4.78, 5) is 22.9.